The van der Waals surface area contributed by atoms with Crippen LogP contribution in [-0.4, -0.2) is 12.2 Å². The SMILES string of the molecule is COc1ccc2c(c1)O[C@H]1C2=COc2cc(O)ccc21. The Hall–Kier alpha value is -2.62. The van der Waals surface area contributed by atoms with E-state index in [9.17, 15) is 5.11 Å². The van der Waals surface area contributed by atoms with Crippen LogP contribution in [0.3, 0.4) is 0 Å². The maximum Gasteiger partial charge on any atom is 0.156 e. The first-order valence-electron chi connectivity index (χ1n) is 6.31. The first-order valence-corrected chi connectivity index (χ1v) is 6.31. The third-order valence-corrected chi connectivity index (χ3v) is 3.62. The third kappa shape index (κ3) is 1.48. The van der Waals surface area contributed by atoms with Gasteiger partial charge in [-0.1, -0.05) is 0 Å². The molecule has 2 heterocycles. The first-order chi connectivity index (χ1) is 9.76. The standard InChI is InChI=1S/C16H12O4/c1-18-10-3-5-11-13-8-19-14-6-9(17)2-4-12(14)16(13)20-15(11)7-10/h2-8,16-17H,1H3/t16-/m1/s1. The molecule has 0 spiro atoms. The number of methoxy groups -OCH3 is 1. The van der Waals surface area contributed by atoms with Gasteiger partial charge in [0.2, 0.25) is 0 Å². The Morgan fingerprint density at radius 1 is 1.10 bits per heavy atom. The van der Waals surface area contributed by atoms with Crippen LogP contribution in [0.4, 0.5) is 0 Å². The van der Waals surface area contributed by atoms with Crippen LogP contribution in [0.5, 0.6) is 23.0 Å². The molecule has 2 aromatic carbocycles. The molecule has 0 bridgehead atoms. The molecule has 0 fully saturated rings. The molecule has 20 heavy (non-hydrogen) atoms. The normalized spacial score (nSPS) is 18.1. The summed E-state index contributed by atoms with van der Waals surface area (Å²) in [5.41, 5.74) is 2.91. The van der Waals surface area contributed by atoms with E-state index in [2.05, 4.69) is 0 Å². The van der Waals surface area contributed by atoms with Gasteiger partial charge in [-0.15, -0.1) is 0 Å². The average Bonchev–Trinajstić information content (AvgIpc) is 2.84. The topological polar surface area (TPSA) is 47.9 Å². The maximum atomic E-state index is 9.51. The monoisotopic (exact) mass is 268 g/mol. The van der Waals surface area contributed by atoms with Gasteiger partial charge in [0, 0.05) is 28.8 Å². The highest BCUT2D eigenvalue weighted by Gasteiger charge is 2.35. The molecule has 0 aromatic heterocycles. The van der Waals surface area contributed by atoms with Gasteiger partial charge in [-0.05, 0) is 24.3 Å². The summed E-state index contributed by atoms with van der Waals surface area (Å²) in [6, 6.07) is 10.8. The molecule has 0 unspecified atom stereocenters. The molecule has 2 aliphatic heterocycles. The second-order valence-corrected chi connectivity index (χ2v) is 4.77. The van der Waals surface area contributed by atoms with Gasteiger partial charge >= 0.3 is 0 Å². The zero-order chi connectivity index (χ0) is 13.7. The van der Waals surface area contributed by atoms with E-state index in [-0.39, 0.29) is 11.9 Å². The number of hydrogen-bond acceptors (Lipinski definition) is 4. The number of fused-ring (bicyclic) bond motifs is 5. The van der Waals surface area contributed by atoms with Crippen molar-refractivity contribution in [1.82, 2.24) is 0 Å². The van der Waals surface area contributed by atoms with Crippen LogP contribution in [0, 0.1) is 0 Å². The molecular weight excluding hydrogens is 256 g/mol. The lowest BCUT2D eigenvalue weighted by Crippen LogP contribution is -2.09. The van der Waals surface area contributed by atoms with E-state index in [4.69, 9.17) is 14.2 Å². The van der Waals surface area contributed by atoms with E-state index in [1.165, 1.54) is 0 Å². The first kappa shape index (κ1) is 11.2. The quantitative estimate of drug-likeness (QED) is 0.862. The highest BCUT2D eigenvalue weighted by molar-refractivity contribution is 5.80. The number of benzene rings is 2. The molecule has 0 amide bonds. The Morgan fingerprint density at radius 2 is 2.00 bits per heavy atom. The van der Waals surface area contributed by atoms with E-state index in [1.54, 1.807) is 25.5 Å². The van der Waals surface area contributed by atoms with Crippen LogP contribution < -0.4 is 14.2 Å². The number of phenols is 1. The van der Waals surface area contributed by atoms with Crippen molar-refractivity contribution < 1.29 is 19.3 Å². The molecule has 2 aromatic rings. The zero-order valence-electron chi connectivity index (χ0n) is 10.8. The molecule has 100 valence electrons. The lowest BCUT2D eigenvalue weighted by atomic mass is 9.96. The lowest BCUT2D eigenvalue weighted by molar-refractivity contribution is 0.266. The van der Waals surface area contributed by atoms with Gasteiger partial charge in [-0.2, -0.15) is 0 Å². The second kappa shape index (κ2) is 3.93. The molecule has 4 rings (SSSR count). The number of rotatable bonds is 1. The Bertz CT molecular complexity index is 733. The highest BCUT2D eigenvalue weighted by atomic mass is 16.5. The van der Waals surface area contributed by atoms with Crippen LogP contribution in [-0.2, 0) is 0 Å². The Morgan fingerprint density at radius 3 is 2.85 bits per heavy atom. The molecular formula is C16H12O4. The van der Waals surface area contributed by atoms with E-state index in [0.717, 1.165) is 28.2 Å². The number of hydrogen-bond donors (Lipinski definition) is 1. The van der Waals surface area contributed by atoms with Gasteiger partial charge < -0.3 is 19.3 Å². The lowest BCUT2D eigenvalue weighted by Gasteiger charge is -2.21. The Labute approximate surface area is 115 Å². The van der Waals surface area contributed by atoms with Crippen LogP contribution in [0.1, 0.15) is 17.2 Å². The molecule has 0 saturated carbocycles. The third-order valence-electron chi connectivity index (χ3n) is 3.62. The summed E-state index contributed by atoms with van der Waals surface area (Å²) < 4.78 is 16.8. The van der Waals surface area contributed by atoms with E-state index in [0.29, 0.717) is 5.75 Å². The van der Waals surface area contributed by atoms with Crippen molar-refractivity contribution in [3.05, 3.63) is 53.8 Å². The van der Waals surface area contributed by atoms with Crippen LogP contribution >= 0.6 is 0 Å². The van der Waals surface area contributed by atoms with Gasteiger partial charge in [0.15, 0.2) is 6.10 Å². The van der Waals surface area contributed by atoms with Crippen LogP contribution in [0.25, 0.3) is 5.57 Å². The minimum absolute atomic E-state index is 0.179. The second-order valence-electron chi connectivity index (χ2n) is 4.77. The Kier molecular flexibility index (Phi) is 2.21. The van der Waals surface area contributed by atoms with Gasteiger partial charge in [-0.3, -0.25) is 0 Å². The van der Waals surface area contributed by atoms with Crippen molar-refractivity contribution in [1.29, 1.82) is 0 Å². The molecule has 2 aliphatic rings. The van der Waals surface area contributed by atoms with Crippen molar-refractivity contribution in [2.24, 2.45) is 0 Å². The summed E-state index contributed by atoms with van der Waals surface area (Å²) in [6.07, 6.45) is 1.49. The summed E-state index contributed by atoms with van der Waals surface area (Å²) in [5, 5.41) is 9.51. The van der Waals surface area contributed by atoms with Crippen LogP contribution in [0.15, 0.2) is 42.7 Å². The fourth-order valence-corrected chi connectivity index (χ4v) is 2.62. The largest absolute Gasteiger partial charge is 0.508 e. The van der Waals surface area contributed by atoms with E-state index >= 15 is 0 Å². The summed E-state index contributed by atoms with van der Waals surface area (Å²) in [5.74, 6) is 2.34. The fraction of sp³-hybridized carbons (Fsp3) is 0.125. The molecule has 4 heteroatoms. The van der Waals surface area contributed by atoms with Gasteiger partial charge in [-0.25, -0.2) is 0 Å². The summed E-state index contributed by atoms with van der Waals surface area (Å²) in [7, 11) is 1.63. The molecule has 1 atom stereocenters. The average molecular weight is 268 g/mol. The van der Waals surface area contributed by atoms with Crippen molar-refractivity contribution in [3.63, 3.8) is 0 Å². The molecule has 0 saturated heterocycles. The number of aromatic hydroxyl groups is 1. The highest BCUT2D eigenvalue weighted by Crippen LogP contribution is 2.51. The van der Waals surface area contributed by atoms with E-state index < -0.39 is 0 Å². The number of ether oxygens (including phenoxy) is 3. The van der Waals surface area contributed by atoms with Crippen molar-refractivity contribution in [3.8, 4) is 23.0 Å². The minimum Gasteiger partial charge on any atom is -0.508 e. The van der Waals surface area contributed by atoms with Gasteiger partial charge in [0.1, 0.15) is 23.0 Å². The maximum absolute atomic E-state index is 9.51. The van der Waals surface area contributed by atoms with E-state index in [1.807, 2.05) is 24.3 Å². The summed E-state index contributed by atoms with van der Waals surface area (Å²) in [6.45, 7) is 0. The minimum atomic E-state index is -0.193. The predicted octanol–water partition coefficient (Wildman–Crippen LogP) is 3.27. The Balaban J connectivity index is 1.82. The molecule has 4 nitrogen and oxygen atoms in total. The zero-order valence-corrected chi connectivity index (χ0v) is 10.8. The number of phenolic OH excluding ortho intramolecular Hbond substituents is 1. The van der Waals surface area contributed by atoms with Gasteiger partial charge in [0.05, 0.1) is 13.4 Å². The predicted molar refractivity (Wildman–Crippen MR) is 73.1 cm³/mol. The van der Waals surface area contributed by atoms with Crippen molar-refractivity contribution >= 4 is 5.57 Å². The summed E-state index contributed by atoms with van der Waals surface area (Å²) >= 11 is 0. The molecule has 0 radical (unpaired) electrons. The molecule has 0 aliphatic carbocycles. The van der Waals surface area contributed by atoms with Crippen molar-refractivity contribution in [2.45, 2.75) is 6.10 Å². The fourth-order valence-electron chi connectivity index (χ4n) is 2.62. The van der Waals surface area contributed by atoms with Gasteiger partial charge in [0.25, 0.3) is 0 Å². The van der Waals surface area contributed by atoms with Crippen LogP contribution in [0.2, 0.25) is 0 Å². The summed E-state index contributed by atoms with van der Waals surface area (Å²) in [4.78, 5) is 0. The van der Waals surface area contributed by atoms with Crippen molar-refractivity contribution in [2.75, 3.05) is 7.11 Å². The smallest absolute Gasteiger partial charge is 0.156 e. The molecule has 1 N–H and O–H groups in total.